The van der Waals surface area contributed by atoms with Crippen LogP contribution in [0.3, 0.4) is 0 Å². The lowest BCUT2D eigenvalue weighted by Crippen LogP contribution is -2.37. The number of hydrogen-bond acceptors (Lipinski definition) is 3. The summed E-state index contributed by atoms with van der Waals surface area (Å²) in [7, 11) is 1.70. The molecule has 0 saturated carbocycles. The van der Waals surface area contributed by atoms with Crippen LogP contribution >= 0.6 is 0 Å². The third-order valence-electron chi connectivity index (χ3n) is 2.68. The summed E-state index contributed by atoms with van der Waals surface area (Å²) in [5.74, 6) is 0. The summed E-state index contributed by atoms with van der Waals surface area (Å²) in [5.41, 5.74) is 1.11. The molecule has 0 amide bonds. The van der Waals surface area contributed by atoms with E-state index in [1.165, 1.54) is 0 Å². The Morgan fingerprint density at radius 2 is 2.00 bits per heavy atom. The van der Waals surface area contributed by atoms with E-state index in [1.54, 1.807) is 7.11 Å². The average molecular weight is 223 g/mol. The SMILES string of the molecule is CCC(COC)N[C@H](CO)c1ccccc1. The van der Waals surface area contributed by atoms with Gasteiger partial charge in [0.2, 0.25) is 0 Å². The number of rotatable bonds is 7. The van der Waals surface area contributed by atoms with E-state index in [0.717, 1.165) is 12.0 Å². The molecule has 0 heterocycles. The minimum Gasteiger partial charge on any atom is -0.394 e. The minimum absolute atomic E-state index is 0.0127. The Kier molecular flexibility index (Phi) is 6.08. The normalized spacial score (nSPS) is 14.7. The maximum absolute atomic E-state index is 9.39. The maximum Gasteiger partial charge on any atom is 0.0626 e. The van der Waals surface area contributed by atoms with Crippen molar-refractivity contribution < 1.29 is 9.84 Å². The van der Waals surface area contributed by atoms with E-state index in [0.29, 0.717) is 6.61 Å². The largest absolute Gasteiger partial charge is 0.394 e. The highest BCUT2D eigenvalue weighted by atomic mass is 16.5. The molecule has 16 heavy (non-hydrogen) atoms. The molecule has 0 bridgehead atoms. The molecule has 2 atom stereocenters. The Morgan fingerprint density at radius 1 is 1.31 bits per heavy atom. The summed E-state index contributed by atoms with van der Waals surface area (Å²) >= 11 is 0. The van der Waals surface area contributed by atoms with Crippen LogP contribution in [-0.4, -0.2) is 31.5 Å². The van der Waals surface area contributed by atoms with Gasteiger partial charge < -0.3 is 15.2 Å². The molecule has 3 heteroatoms. The predicted molar refractivity (Wildman–Crippen MR) is 65.4 cm³/mol. The van der Waals surface area contributed by atoms with Crippen molar-refractivity contribution in [2.75, 3.05) is 20.3 Å². The van der Waals surface area contributed by atoms with Crippen LogP contribution in [0.1, 0.15) is 24.9 Å². The van der Waals surface area contributed by atoms with Crippen molar-refractivity contribution in [3.63, 3.8) is 0 Å². The standard InChI is InChI=1S/C13H21NO2/c1-3-12(10-16-2)14-13(9-15)11-7-5-4-6-8-11/h4-8,12-15H,3,9-10H2,1-2H3/t12?,13-/m1/s1. The van der Waals surface area contributed by atoms with Crippen molar-refractivity contribution in [1.29, 1.82) is 0 Å². The van der Waals surface area contributed by atoms with Crippen LogP contribution in [0.2, 0.25) is 0 Å². The quantitative estimate of drug-likeness (QED) is 0.739. The van der Waals surface area contributed by atoms with E-state index in [2.05, 4.69) is 12.2 Å². The van der Waals surface area contributed by atoms with Gasteiger partial charge >= 0.3 is 0 Å². The van der Waals surface area contributed by atoms with Crippen LogP contribution in [0.4, 0.5) is 0 Å². The lowest BCUT2D eigenvalue weighted by atomic mass is 10.1. The second-order valence-electron chi connectivity index (χ2n) is 3.87. The topological polar surface area (TPSA) is 41.5 Å². The van der Waals surface area contributed by atoms with Crippen LogP contribution in [0, 0.1) is 0 Å². The Balaban J connectivity index is 2.61. The fourth-order valence-electron chi connectivity index (χ4n) is 1.71. The van der Waals surface area contributed by atoms with Crippen LogP contribution in [0.5, 0.6) is 0 Å². The number of benzene rings is 1. The molecule has 0 aliphatic carbocycles. The zero-order chi connectivity index (χ0) is 11.8. The Labute approximate surface area is 97.4 Å². The van der Waals surface area contributed by atoms with Crippen LogP contribution < -0.4 is 5.32 Å². The molecular formula is C13H21NO2. The highest BCUT2D eigenvalue weighted by molar-refractivity contribution is 5.19. The maximum atomic E-state index is 9.39. The van der Waals surface area contributed by atoms with E-state index >= 15 is 0 Å². The molecule has 90 valence electrons. The van der Waals surface area contributed by atoms with Gasteiger partial charge in [0.15, 0.2) is 0 Å². The van der Waals surface area contributed by atoms with Gasteiger partial charge in [-0.15, -0.1) is 0 Å². The molecule has 1 rings (SSSR count). The second-order valence-corrected chi connectivity index (χ2v) is 3.87. The highest BCUT2D eigenvalue weighted by Gasteiger charge is 2.14. The van der Waals surface area contributed by atoms with Crippen molar-refractivity contribution in [3.05, 3.63) is 35.9 Å². The van der Waals surface area contributed by atoms with E-state index in [-0.39, 0.29) is 18.7 Å². The van der Waals surface area contributed by atoms with E-state index < -0.39 is 0 Å². The van der Waals surface area contributed by atoms with Crippen molar-refractivity contribution in [2.24, 2.45) is 0 Å². The Bertz CT molecular complexity index is 277. The monoisotopic (exact) mass is 223 g/mol. The number of aliphatic hydroxyl groups is 1. The average Bonchev–Trinajstić information content (AvgIpc) is 2.35. The summed E-state index contributed by atoms with van der Waals surface area (Å²) < 4.78 is 5.13. The van der Waals surface area contributed by atoms with Gasteiger partial charge in [-0.05, 0) is 12.0 Å². The lowest BCUT2D eigenvalue weighted by Gasteiger charge is -2.23. The fraction of sp³-hybridized carbons (Fsp3) is 0.538. The molecule has 0 aliphatic heterocycles. The van der Waals surface area contributed by atoms with Crippen molar-refractivity contribution in [3.8, 4) is 0 Å². The molecular weight excluding hydrogens is 202 g/mol. The molecule has 0 aliphatic rings. The zero-order valence-electron chi connectivity index (χ0n) is 10.0. The first-order chi connectivity index (χ1) is 7.81. The molecule has 1 aromatic rings. The number of nitrogens with one attached hydrogen (secondary N) is 1. The van der Waals surface area contributed by atoms with Crippen LogP contribution in [-0.2, 0) is 4.74 Å². The number of ether oxygens (including phenoxy) is 1. The molecule has 0 spiro atoms. The van der Waals surface area contributed by atoms with Gasteiger partial charge in [-0.1, -0.05) is 37.3 Å². The van der Waals surface area contributed by atoms with E-state index in [9.17, 15) is 5.11 Å². The number of aliphatic hydroxyl groups excluding tert-OH is 1. The van der Waals surface area contributed by atoms with Crippen LogP contribution in [0.15, 0.2) is 30.3 Å². The molecule has 3 nitrogen and oxygen atoms in total. The Hall–Kier alpha value is -0.900. The highest BCUT2D eigenvalue weighted by Crippen LogP contribution is 2.13. The molecule has 1 aromatic carbocycles. The molecule has 1 unspecified atom stereocenters. The third kappa shape index (κ3) is 3.93. The first-order valence-electron chi connectivity index (χ1n) is 5.72. The van der Waals surface area contributed by atoms with Gasteiger partial charge in [-0.25, -0.2) is 0 Å². The lowest BCUT2D eigenvalue weighted by molar-refractivity contribution is 0.146. The summed E-state index contributed by atoms with van der Waals surface area (Å²) in [4.78, 5) is 0. The Morgan fingerprint density at radius 3 is 2.50 bits per heavy atom. The molecule has 0 fully saturated rings. The van der Waals surface area contributed by atoms with Gasteiger partial charge in [-0.2, -0.15) is 0 Å². The zero-order valence-corrected chi connectivity index (χ0v) is 10.0. The molecule has 0 aromatic heterocycles. The predicted octanol–water partition coefficient (Wildman–Crippen LogP) is 1.73. The van der Waals surface area contributed by atoms with Gasteiger partial charge in [0.1, 0.15) is 0 Å². The van der Waals surface area contributed by atoms with Gasteiger partial charge in [0, 0.05) is 13.2 Å². The molecule has 0 saturated heterocycles. The number of hydrogen-bond donors (Lipinski definition) is 2. The van der Waals surface area contributed by atoms with Crippen molar-refractivity contribution >= 4 is 0 Å². The van der Waals surface area contributed by atoms with Crippen molar-refractivity contribution in [1.82, 2.24) is 5.32 Å². The number of methoxy groups -OCH3 is 1. The van der Waals surface area contributed by atoms with Crippen LogP contribution in [0.25, 0.3) is 0 Å². The van der Waals surface area contributed by atoms with Gasteiger partial charge in [0.25, 0.3) is 0 Å². The minimum atomic E-state index is -0.0127. The van der Waals surface area contributed by atoms with E-state index in [4.69, 9.17) is 4.74 Å². The smallest absolute Gasteiger partial charge is 0.0626 e. The second kappa shape index (κ2) is 7.39. The summed E-state index contributed by atoms with van der Waals surface area (Å²) in [6, 6.07) is 10.3. The first kappa shape index (κ1) is 13.2. The van der Waals surface area contributed by atoms with Crippen molar-refractivity contribution in [2.45, 2.75) is 25.4 Å². The third-order valence-corrected chi connectivity index (χ3v) is 2.68. The summed E-state index contributed by atoms with van der Waals surface area (Å²) in [5, 5.41) is 12.8. The van der Waals surface area contributed by atoms with Gasteiger partial charge in [0.05, 0.1) is 19.3 Å². The van der Waals surface area contributed by atoms with E-state index in [1.807, 2.05) is 30.3 Å². The fourth-order valence-corrected chi connectivity index (χ4v) is 1.71. The van der Waals surface area contributed by atoms with Gasteiger partial charge in [-0.3, -0.25) is 0 Å². The summed E-state index contributed by atoms with van der Waals surface area (Å²) in [6.45, 7) is 2.88. The molecule has 2 N–H and O–H groups in total. The summed E-state index contributed by atoms with van der Waals surface area (Å²) in [6.07, 6.45) is 0.983. The molecule has 0 radical (unpaired) electrons. The first-order valence-corrected chi connectivity index (χ1v) is 5.72.